The highest BCUT2D eigenvalue weighted by Gasteiger charge is 2.25. The highest BCUT2D eigenvalue weighted by Crippen LogP contribution is 2.18. The predicted molar refractivity (Wildman–Crippen MR) is 272 cm³/mol. The molecule has 0 amide bonds. The van der Waals surface area contributed by atoms with Gasteiger partial charge in [0.05, 0.1) is 34.4 Å². The number of rotatable bonds is 53. The monoisotopic (exact) mass is 925 g/mol. The molecule has 0 aromatic heterocycles. The molecule has 0 aliphatic rings. The summed E-state index contributed by atoms with van der Waals surface area (Å²) in [6, 6.07) is 0. The highest BCUT2D eigenvalue weighted by molar-refractivity contribution is 5.71. The summed E-state index contributed by atoms with van der Waals surface area (Å²) in [5, 5.41) is 9.64. The van der Waals surface area contributed by atoms with Crippen LogP contribution >= 0.6 is 0 Å². The number of aliphatic carboxylic acids is 1. The summed E-state index contributed by atoms with van der Waals surface area (Å²) in [7, 11) is 5.97. The summed E-state index contributed by atoms with van der Waals surface area (Å²) in [4.78, 5) is 37.1. The molecule has 9 heteroatoms. The van der Waals surface area contributed by atoms with Crippen molar-refractivity contribution in [3.63, 3.8) is 0 Å². The second-order valence-corrected chi connectivity index (χ2v) is 20.6. The van der Waals surface area contributed by atoms with Gasteiger partial charge >= 0.3 is 17.9 Å². The van der Waals surface area contributed by atoms with Gasteiger partial charge in [-0.2, -0.15) is 0 Å². The summed E-state index contributed by atoms with van der Waals surface area (Å²) in [5.41, 5.74) is 0. The fourth-order valence-corrected chi connectivity index (χ4v) is 8.49. The zero-order valence-corrected chi connectivity index (χ0v) is 43.9. The summed E-state index contributed by atoms with van der Waals surface area (Å²) >= 11 is 0. The van der Waals surface area contributed by atoms with Crippen LogP contribution in [0.1, 0.15) is 284 Å². The van der Waals surface area contributed by atoms with E-state index in [-0.39, 0.29) is 38.2 Å². The highest BCUT2D eigenvalue weighted by atomic mass is 16.7. The average molecular weight is 925 g/mol. The molecule has 386 valence electrons. The standard InChI is InChI=1S/C56H109NO8/c1-6-8-10-12-14-16-17-18-19-20-21-22-23-24-25-26-27-28-29-30-31-32-33-34-35-36-37-38-39-41-43-45-47-54(59)65-52(51-64-56(55(60)61)62-49-48-57(3,4)5)50-63-53(58)46-44-42-40-15-13-11-9-7-2/h52,56H,6-51H2,1-5H3/p+1. The van der Waals surface area contributed by atoms with Crippen LogP contribution in [0.25, 0.3) is 0 Å². The summed E-state index contributed by atoms with van der Waals surface area (Å²) in [6.45, 7) is 4.89. The summed E-state index contributed by atoms with van der Waals surface area (Å²) < 4.78 is 22.7. The van der Waals surface area contributed by atoms with Gasteiger partial charge in [-0.05, 0) is 12.8 Å². The smallest absolute Gasteiger partial charge is 0.361 e. The van der Waals surface area contributed by atoms with E-state index in [1.807, 2.05) is 21.1 Å². The van der Waals surface area contributed by atoms with E-state index in [0.717, 1.165) is 38.5 Å². The largest absolute Gasteiger partial charge is 0.477 e. The fraction of sp³-hybridized carbons (Fsp3) is 0.946. The number of likely N-dealkylation sites (N-methyl/N-ethyl adjacent to an activating group) is 1. The lowest BCUT2D eigenvalue weighted by Gasteiger charge is -2.25. The lowest BCUT2D eigenvalue weighted by Crippen LogP contribution is -2.40. The topological polar surface area (TPSA) is 108 Å². The number of quaternary nitrogens is 1. The van der Waals surface area contributed by atoms with Gasteiger partial charge in [0, 0.05) is 12.8 Å². The first kappa shape index (κ1) is 63.3. The van der Waals surface area contributed by atoms with Crippen molar-refractivity contribution in [3.05, 3.63) is 0 Å². The van der Waals surface area contributed by atoms with E-state index in [9.17, 15) is 19.5 Å². The third kappa shape index (κ3) is 50.0. The number of ether oxygens (including phenoxy) is 4. The summed E-state index contributed by atoms with van der Waals surface area (Å²) in [5.74, 6) is -1.99. The maximum atomic E-state index is 12.8. The zero-order valence-electron chi connectivity index (χ0n) is 43.9. The minimum atomic E-state index is -1.50. The first-order valence-corrected chi connectivity index (χ1v) is 28.2. The molecule has 0 spiro atoms. The van der Waals surface area contributed by atoms with Crippen molar-refractivity contribution in [2.45, 2.75) is 296 Å². The molecule has 0 fully saturated rings. The van der Waals surface area contributed by atoms with Crippen molar-refractivity contribution in [2.75, 3.05) is 47.5 Å². The molecule has 0 saturated carbocycles. The molecule has 0 aromatic rings. The number of carbonyl (C=O) groups is 3. The summed E-state index contributed by atoms with van der Waals surface area (Å²) in [6.07, 6.45) is 50.8. The quantitative estimate of drug-likeness (QED) is 0.0278. The number of carboxylic acid groups (broad SMARTS) is 1. The molecule has 0 saturated heterocycles. The molecule has 0 bridgehead atoms. The van der Waals surface area contributed by atoms with Crippen molar-refractivity contribution in [3.8, 4) is 0 Å². The van der Waals surface area contributed by atoms with Crippen LogP contribution in [0.4, 0.5) is 0 Å². The number of hydrogen-bond donors (Lipinski definition) is 1. The van der Waals surface area contributed by atoms with Crippen molar-refractivity contribution in [1.82, 2.24) is 0 Å². The van der Waals surface area contributed by atoms with Gasteiger partial charge in [-0.3, -0.25) is 9.59 Å². The molecule has 0 heterocycles. The average Bonchev–Trinajstić information content (AvgIpc) is 3.27. The molecule has 0 radical (unpaired) electrons. The van der Waals surface area contributed by atoms with Crippen LogP contribution in [0.15, 0.2) is 0 Å². The number of carbonyl (C=O) groups excluding carboxylic acids is 2. The van der Waals surface area contributed by atoms with Gasteiger partial charge in [0.1, 0.15) is 13.2 Å². The van der Waals surface area contributed by atoms with Gasteiger partial charge in [-0.25, -0.2) is 4.79 Å². The minimum Gasteiger partial charge on any atom is -0.477 e. The first-order chi connectivity index (χ1) is 31.6. The molecule has 0 rings (SSSR count). The van der Waals surface area contributed by atoms with Crippen LogP contribution in [0.5, 0.6) is 0 Å². The molecular weight excluding hydrogens is 815 g/mol. The fourth-order valence-electron chi connectivity index (χ4n) is 8.49. The molecule has 1 N–H and O–H groups in total. The van der Waals surface area contributed by atoms with Crippen LogP contribution in [0.3, 0.4) is 0 Å². The molecule has 65 heavy (non-hydrogen) atoms. The Hall–Kier alpha value is -1.71. The number of nitrogens with zero attached hydrogens (tertiary/aromatic N) is 1. The Kier molecular flexibility index (Phi) is 47.5. The van der Waals surface area contributed by atoms with Gasteiger partial charge in [0.25, 0.3) is 6.29 Å². The van der Waals surface area contributed by atoms with E-state index in [2.05, 4.69) is 13.8 Å². The Morgan fingerprint density at radius 3 is 0.985 bits per heavy atom. The lowest BCUT2D eigenvalue weighted by atomic mass is 10.0. The molecule has 0 aliphatic carbocycles. The Morgan fingerprint density at radius 2 is 0.692 bits per heavy atom. The Balaban J connectivity index is 3.93. The van der Waals surface area contributed by atoms with Crippen molar-refractivity contribution < 1.29 is 42.9 Å². The van der Waals surface area contributed by atoms with E-state index in [1.54, 1.807) is 0 Å². The first-order valence-electron chi connectivity index (χ1n) is 28.2. The Bertz CT molecular complexity index is 1030. The van der Waals surface area contributed by atoms with E-state index in [4.69, 9.17) is 18.9 Å². The van der Waals surface area contributed by atoms with Crippen LogP contribution in [0.2, 0.25) is 0 Å². The number of carboxylic acids is 1. The zero-order chi connectivity index (χ0) is 47.7. The Labute approximate surface area is 403 Å². The second kappa shape index (κ2) is 48.7. The third-order valence-corrected chi connectivity index (χ3v) is 12.9. The predicted octanol–water partition coefficient (Wildman–Crippen LogP) is 16.0. The SMILES string of the molecule is CCCCCCCCCCCCCCCCCCCCCCCCCCCCCCCCCCC(=O)OC(COC(=O)CCCCCCCCCC)COC(OCC[N+](C)(C)C)C(=O)O. The van der Waals surface area contributed by atoms with Gasteiger partial charge in [0.15, 0.2) is 6.10 Å². The molecule has 0 aromatic carbocycles. The minimum absolute atomic E-state index is 0.174. The normalized spacial score (nSPS) is 12.7. The second-order valence-electron chi connectivity index (χ2n) is 20.6. The Morgan fingerprint density at radius 1 is 0.400 bits per heavy atom. The van der Waals surface area contributed by atoms with Crippen molar-refractivity contribution in [1.29, 1.82) is 0 Å². The number of unbranched alkanes of at least 4 members (excludes halogenated alkanes) is 38. The van der Waals surface area contributed by atoms with E-state index < -0.39 is 18.4 Å². The van der Waals surface area contributed by atoms with Crippen LogP contribution in [-0.4, -0.2) is 87.4 Å². The van der Waals surface area contributed by atoms with Gasteiger partial charge in [-0.1, -0.05) is 258 Å². The molecule has 0 aliphatic heterocycles. The van der Waals surface area contributed by atoms with E-state index in [0.29, 0.717) is 17.4 Å². The van der Waals surface area contributed by atoms with Crippen LogP contribution in [0, 0.1) is 0 Å². The van der Waals surface area contributed by atoms with Gasteiger partial charge in [-0.15, -0.1) is 0 Å². The molecular formula is C56H110NO8+. The molecule has 9 nitrogen and oxygen atoms in total. The van der Waals surface area contributed by atoms with Gasteiger partial charge < -0.3 is 28.5 Å². The maximum absolute atomic E-state index is 12.8. The maximum Gasteiger partial charge on any atom is 0.361 e. The van der Waals surface area contributed by atoms with E-state index in [1.165, 1.54) is 218 Å². The molecule has 2 atom stereocenters. The van der Waals surface area contributed by atoms with Crippen LogP contribution in [-0.2, 0) is 33.3 Å². The van der Waals surface area contributed by atoms with Crippen molar-refractivity contribution in [2.24, 2.45) is 0 Å². The third-order valence-electron chi connectivity index (χ3n) is 12.9. The van der Waals surface area contributed by atoms with Crippen molar-refractivity contribution >= 4 is 17.9 Å². The lowest BCUT2D eigenvalue weighted by molar-refractivity contribution is -0.870. The van der Waals surface area contributed by atoms with E-state index >= 15 is 0 Å². The van der Waals surface area contributed by atoms with Gasteiger partial charge in [0.2, 0.25) is 0 Å². The molecule has 2 unspecified atom stereocenters. The number of esters is 2. The number of hydrogen-bond acceptors (Lipinski definition) is 7. The van der Waals surface area contributed by atoms with Crippen LogP contribution < -0.4 is 0 Å².